The predicted molar refractivity (Wildman–Crippen MR) is 88.4 cm³/mol. The van der Waals surface area contributed by atoms with Gasteiger partial charge >= 0.3 is 0 Å². The van der Waals surface area contributed by atoms with Gasteiger partial charge in [0.2, 0.25) is 0 Å². The Hall–Kier alpha value is -0.900. The highest BCUT2D eigenvalue weighted by molar-refractivity contribution is 5.29. The van der Waals surface area contributed by atoms with Crippen LogP contribution in [0.5, 0.6) is 0 Å². The minimum absolute atomic E-state index is 0.386. The van der Waals surface area contributed by atoms with Crippen molar-refractivity contribution in [1.29, 1.82) is 0 Å². The molecule has 3 rings (SSSR count). The highest BCUT2D eigenvalue weighted by atomic mass is 15.3. The minimum Gasteiger partial charge on any atom is -0.329 e. The number of hydrogen-bond donors (Lipinski definition) is 1. The summed E-state index contributed by atoms with van der Waals surface area (Å²) < 4.78 is 0. The molecule has 2 aliphatic rings. The molecule has 1 atom stereocenters. The molecule has 3 heteroatoms. The fourth-order valence-electron chi connectivity index (χ4n) is 4.12. The van der Waals surface area contributed by atoms with E-state index < -0.39 is 0 Å². The third kappa shape index (κ3) is 3.31. The van der Waals surface area contributed by atoms with Crippen LogP contribution < -0.4 is 5.73 Å². The normalized spacial score (nSPS) is 23.5. The lowest BCUT2D eigenvalue weighted by Crippen LogP contribution is -2.51. The predicted octanol–water partition coefficient (Wildman–Crippen LogP) is 2.56. The molecule has 0 bridgehead atoms. The van der Waals surface area contributed by atoms with Crippen LogP contribution in [0.25, 0.3) is 0 Å². The Morgan fingerprint density at radius 3 is 2.38 bits per heavy atom. The number of nitrogens with two attached hydrogens (primary N) is 1. The molecule has 1 aliphatic carbocycles. The van der Waals surface area contributed by atoms with E-state index in [0.717, 1.165) is 19.1 Å². The van der Waals surface area contributed by atoms with Crippen LogP contribution in [0.3, 0.4) is 0 Å². The molecule has 21 heavy (non-hydrogen) atoms. The maximum Gasteiger partial charge on any atom is 0.0474 e. The van der Waals surface area contributed by atoms with E-state index in [-0.39, 0.29) is 0 Å². The number of benzene rings is 1. The highest BCUT2D eigenvalue weighted by Crippen LogP contribution is 2.27. The van der Waals surface area contributed by atoms with Gasteiger partial charge in [-0.2, -0.15) is 0 Å². The molecule has 2 fully saturated rings. The van der Waals surface area contributed by atoms with E-state index in [1.54, 1.807) is 0 Å². The molecule has 0 radical (unpaired) electrons. The van der Waals surface area contributed by atoms with Crippen LogP contribution >= 0.6 is 0 Å². The lowest BCUT2D eigenvalue weighted by Gasteiger charge is -2.41. The first-order valence-electron chi connectivity index (χ1n) is 8.53. The Kier molecular flexibility index (Phi) is 4.94. The van der Waals surface area contributed by atoms with Gasteiger partial charge in [-0.1, -0.05) is 37.1 Å². The summed E-state index contributed by atoms with van der Waals surface area (Å²) in [6.45, 7) is 7.67. The van der Waals surface area contributed by atoms with E-state index in [4.69, 9.17) is 5.73 Å². The molecule has 1 saturated heterocycles. The molecule has 1 aromatic rings. The summed E-state index contributed by atoms with van der Waals surface area (Å²) in [5.74, 6) is 0. The summed E-state index contributed by atoms with van der Waals surface area (Å²) in [6, 6.07) is 9.95. The van der Waals surface area contributed by atoms with Gasteiger partial charge in [0.05, 0.1) is 0 Å². The second-order valence-corrected chi connectivity index (χ2v) is 6.62. The van der Waals surface area contributed by atoms with E-state index >= 15 is 0 Å². The maximum absolute atomic E-state index is 6.11. The zero-order chi connectivity index (χ0) is 14.7. The molecular formula is C18H29N3. The molecule has 3 nitrogen and oxygen atoms in total. The van der Waals surface area contributed by atoms with Crippen molar-refractivity contribution in [2.45, 2.75) is 44.7 Å². The quantitative estimate of drug-likeness (QED) is 0.924. The molecule has 1 aromatic carbocycles. The number of piperazine rings is 1. The molecule has 1 saturated carbocycles. The molecular weight excluding hydrogens is 258 g/mol. The van der Waals surface area contributed by atoms with E-state index in [1.165, 1.54) is 49.9 Å². The fraction of sp³-hybridized carbons (Fsp3) is 0.667. The number of hydrogen-bond acceptors (Lipinski definition) is 3. The van der Waals surface area contributed by atoms with Crippen LogP contribution in [0.4, 0.5) is 0 Å². The lowest BCUT2D eigenvalue weighted by atomic mass is 9.99. The second kappa shape index (κ2) is 6.91. The van der Waals surface area contributed by atoms with Crippen LogP contribution in [-0.4, -0.2) is 48.6 Å². The van der Waals surface area contributed by atoms with E-state index in [2.05, 4.69) is 41.0 Å². The van der Waals surface area contributed by atoms with Gasteiger partial charge in [-0.15, -0.1) is 0 Å². The molecule has 2 N–H and O–H groups in total. The summed E-state index contributed by atoms with van der Waals surface area (Å²) in [5, 5.41) is 0. The van der Waals surface area contributed by atoms with Crippen LogP contribution in [0, 0.1) is 6.92 Å². The summed E-state index contributed by atoms with van der Waals surface area (Å²) in [6.07, 6.45) is 5.69. The van der Waals surface area contributed by atoms with E-state index in [1.807, 2.05) is 0 Å². The molecule has 0 amide bonds. The van der Waals surface area contributed by atoms with Crippen molar-refractivity contribution < 1.29 is 0 Å². The third-order valence-electron chi connectivity index (χ3n) is 5.40. The number of aryl methyl sites for hydroxylation is 1. The van der Waals surface area contributed by atoms with Crippen LogP contribution in [0.15, 0.2) is 24.3 Å². The van der Waals surface area contributed by atoms with Gasteiger partial charge < -0.3 is 5.73 Å². The Labute approximate surface area is 129 Å². The van der Waals surface area contributed by atoms with Crippen molar-refractivity contribution in [1.82, 2.24) is 9.80 Å². The Morgan fingerprint density at radius 1 is 1.10 bits per heavy atom. The Balaban J connectivity index is 1.63. The number of nitrogens with zero attached hydrogens (tertiary/aromatic N) is 2. The molecule has 116 valence electrons. The topological polar surface area (TPSA) is 32.5 Å². The lowest BCUT2D eigenvalue weighted by molar-refractivity contribution is 0.0720. The van der Waals surface area contributed by atoms with Crippen molar-refractivity contribution in [3.8, 4) is 0 Å². The third-order valence-corrected chi connectivity index (χ3v) is 5.40. The summed E-state index contributed by atoms with van der Waals surface area (Å²) in [4.78, 5) is 5.31. The van der Waals surface area contributed by atoms with Gasteiger partial charge in [0.1, 0.15) is 0 Å². The van der Waals surface area contributed by atoms with Crippen molar-refractivity contribution in [3.63, 3.8) is 0 Å². The molecule has 1 heterocycles. The smallest absolute Gasteiger partial charge is 0.0474 e. The van der Waals surface area contributed by atoms with Gasteiger partial charge in [-0.05, 0) is 30.9 Å². The molecule has 0 aromatic heterocycles. The van der Waals surface area contributed by atoms with Crippen molar-refractivity contribution in [2.75, 3.05) is 32.7 Å². The van der Waals surface area contributed by atoms with Crippen molar-refractivity contribution in [3.05, 3.63) is 35.4 Å². The van der Waals surface area contributed by atoms with Crippen LogP contribution in [0.2, 0.25) is 0 Å². The standard InChI is InChI=1S/C18H29N3/c1-15-6-2-5-9-17(15)18(14-19)21-12-10-20(11-13-21)16-7-3-4-8-16/h2,5-6,9,16,18H,3-4,7-8,10-14,19H2,1H3. The summed E-state index contributed by atoms with van der Waals surface area (Å²) in [7, 11) is 0. The monoisotopic (exact) mass is 287 g/mol. The molecule has 0 spiro atoms. The van der Waals surface area contributed by atoms with Crippen LogP contribution in [0.1, 0.15) is 42.9 Å². The second-order valence-electron chi connectivity index (χ2n) is 6.62. The van der Waals surface area contributed by atoms with Gasteiger partial charge in [-0.3, -0.25) is 9.80 Å². The van der Waals surface area contributed by atoms with E-state index in [9.17, 15) is 0 Å². The Morgan fingerprint density at radius 2 is 1.76 bits per heavy atom. The van der Waals surface area contributed by atoms with Gasteiger partial charge in [0, 0.05) is 44.8 Å². The highest BCUT2D eigenvalue weighted by Gasteiger charge is 2.29. The summed E-state index contributed by atoms with van der Waals surface area (Å²) in [5.41, 5.74) is 8.88. The van der Waals surface area contributed by atoms with Gasteiger partial charge in [0.25, 0.3) is 0 Å². The zero-order valence-electron chi connectivity index (χ0n) is 13.3. The zero-order valence-corrected chi connectivity index (χ0v) is 13.3. The molecule has 1 unspecified atom stereocenters. The van der Waals surface area contributed by atoms with Gasteiger partial charge in [0.15, 0.2) is 0 Å². The average molecular weight is 287 g/mol. The molecule has 1 aliphatic heterocycles. The summed E-state index contributed by atoms with van der Waals surface area (Å²) >= 11 is 0. The number of rotatable bonds is 4. The first-order chi connectivity index (χ1) is 10.3. The van der Waals surface area contributed by atoms with Crippen molar-refractivity contribution in [2.24, 2.45) is 5.73 Å². The minimum atomic E-state index is 0.386. The first-order valence-corrected chi connectivity index (χ1v) is 8.53. The van der Waals surface area contributed by atoms with Crippen molar-refractivity contribution >= 4 is 0 Å². The maximum atomic E-state index is 6.11. The SMILES string of the molecule is Cc1ccccc1C(CN)N1CCN(C2CCCC2)CC1. The first kappa shape index (κ1) is 15.0. The van der Waals surface area contributed by atoms with E-state index in [0.29, 0.717) is 12.6 Å². The Bertz CT molecular complexity index is 446. The fourth-order valence-corrected chi connectivity index (χ4v) is 4.12. The largest absolute Gasteiger partial charge is 0.329 e. The average Bonchev–Trinajstić information content (AvgIpc) is 3.05. The van der Waals surface area contributed by atoms with Gasteiger partial charge in [-0.25, -0.2) is 0 Å². The van der Waals surface area contributed by atoms with Crippen LogP contribution in [-0.2, 0) is 0 Å².